The highest BCUT2D eigenvalue weighted by atomic mass is 16.5. The van der Waals surface area contributed by atoms with E-state index < -0.39 is 0 Å². The molecule has 6 nitrogen and oxygen atoms in total. The average Bonchev–Trinajstić information content (AvgIpc) is 2.68. The number of anilines is 2. The Bertz CT molecular complexity index is 435. The molecule has 1 unspecified atom stereocenters. The number of ether oxygens (including phenoxy) is 1. The number of aromatic nitrogens is 3. The molecule has 0 aromatic carbocycles. The highest BCUT2D eigenvalue weighted by molar-refractivity contribution is 5.36. The van der Waals surface area contributed by atoms with Crippen LogP contribution >= 0.6 is 0 Å². The molecule has 1 saturated carbocycles. The molecule has 0 spiro atoms. The minimum atomic E-state index is 0.339. The van der Waals surface area contributed by atoms with E-state index in [1.54, 1.807) is 7.11 Å². The van der Waals surface area contributed by atoms with E-state index in [4.69, 9.17) is 4.74 Å². The van der Waals surface area contributed by atoms with E-state index in [0.717, 1.165) is 19.4 Å². The summed E-state index contributed by atoms with van der Waals surface area (Å²) in [6.07, 6.45) is 3.52. The van der Waals surface area contributed by atoms with Gasteiger partial charge in [-0.3, -0.25) is 0 Å². The maximum absolute atomic E-state index is 5.11. The summed E-state index contributed by atoms with van der Waals surface area (Å²) in [6.45, 7) is 7.37. The molecule has 0 saturated heterocycles. The van der Waals surface area contributed by atoms with E-state index >= 15 is 0 Å². The van der Waals surface area contributed by atoms with Gasteiger partial charge in [-0.1, -0.05) is 13.8 Å². The van der Waals surface area contributed by atoms with Gasteiger partial charge in [0.25, 0.3) is 0 Å². The molecule has 1 aromatic heterocycles. The van der Waals surface area contributed by atoms with Gasteiger partial charge in [-0.25, -0.2) is 0 Å². The Balaban J connectivity index is 2.09. The molecule has 1 aliphatic rings. The monoisotopic (exact) mass is 265 g/mol. The van der Waals surface area contributed by atoms with Gasteiger partial charge >= 0.3 is 6.01 Å². The smallest absolute Gasteiger partial charge is 0.322 e. The molecule has 106 valence electrons. The van der Waals surface area contributed by atoms with Crippen molar-refractivity contribution in [3.63, 3.8) is 0 Å². The molecular formula is C13H23N5O. The van der Waals surface area contributed by atoms with Gasteiger partial charge in [0.05, 0.1) is 7.11 Å². The lowest BCUT2D eigenvalue weighted by atomic mass is 9.92. The number of rotatable bonds is 5. The Morgan fingerprint density at radius 3 is 2.58 bits per heavy atom. The second-order valence-electron chi connectivity index (χ2n) is 5.75. The molecule has 0 bridgehead atoms. The minimum absolute atomic E-state index is 0.339. The number of nitrogens with zero attached hydrogens (tertiary/aromatic N) is 3. The third-order valence-electron chi connectivity index (χ3n) is 3.43. The summed E-state index contributed by atoms with van der Waals surface area (Å²) >= 11 is 0. The van der Waals surface area contributed by atoms with E-state index in [1.807, 2.05) is 6.92 Å². The molecule has 0 aliphatic heterocycles. The third-order valence-corrected chi connectivity index (χ3v) is 3.43. The summed E-state index contributed by atoms with van der Waals surface area (Å²) in [5, 5.41) is 6.47. The van der Waals surface area contributed by atoms with Crippen molar-refractivity contribution >= 4 is 11.9 Å². The van der Waals surface area contributed by atoms with E-state index in [2.05, 4.69) is 39.4 Å². The molecule has 1 heterocycles. The SMILES string of the molecule is CCNc1nc(NC2CCC(C)(C)C2)nc(OC)n1. The van der Waals surface area contributed by atoms with Crippen molar-refractivity contribution in [1.82, 2.24) is 15.0 Å². The first-order chi connectivity index (χ1) is 9.02. The fourth-order valence-electron chi connectivity index (χ4n) is 2.49. The molecule has 1 aliphatic carbocycles. The summed E-state index contributed by atoms with van der Waals surface area (Å²) in [5.41, 5.74) is 0.402. The van der Waals surface area contributed by atoms with Crippen LogP contribution in [0.1, 0.15) is 40.0 Å². The van der Waals surface area contributed by atoms with Gasteiger partial charge in [0.15, 0.2) is 0 Å². The van der Waals surface area contributed by atoms with Gasteiger partial charge in [0.1, 0.15) is 0 Å². The lowest BCUT2D eigenvalue weighted by molar-refractivity contribution is 0.376. The summed E-state index contributed by atoms with van der Waals surface area (Å²) in [7, 11) is 1.56. The fourth-order valence-corrected chi connectivity index (χ4v) is 2.49. The first kappa shape index (κ1) is 13.8. The molecule has 2 N–H and O–H groups in total. The predicted octanol–water partition coefficient (Wildman–Crippen LogP) is 2.30. The second kappa shape index (κ2) is 5.59. The van der Waals surface area contributed by atoms with Crippen molar-refractivity contribution in [2.24, 2.45) is 5.41 Å². The molecule has 1 fully saturated rings. The van der Waals surface area contributed by atoms with Crippen LogP contribution < -0.4 is 15.4 Å². The van der Waals surface area contributed by atoms with Crippen LogP contribution in [0.4, 0.5) is 11.9 Å². The summed E-state index contributed by atoms with van der Waals surface area (Å²) < 4.78 is 5.11. The highest BCUT2D eigenvalue weighted by Crippen LogP contribution is 2.38. The molecular weight excluding hydrogens is 242 g/mol. The second-order valence-corrected chi connectivity index (χ2v) is 5.75. The fraction of sp³-hybridized carbons (Fsp3) is 0.769. The molecule has 19 heavy (non-hydrogen) atoms. The van der Waals surface area contributed by atoms with Crippen LogP contribution in [0.15, 0.2) is 0 Å². The lowest BCUT2D eigenvalue weighted by Crippen LogP contribution is -2.20. The molecule has 0 radical (unpaired) electrons. The van der Waals surface area contributed by atoms with Crippen molar-refractivity contribution < 1.29 is 4.74 Å². The van der Waals surface area contributed by atoms with Crippen LogP contribution in [-0.2, 0) is 0 Å². The Labute approximate surface area is 114 Å². The number of methoxy groups -OCH3 is 1. The van der Waals surface area contributed by atoms with Gasteiger partial charge < -0.3 is 15.4 Å². The van der Waals surface area contributed by atoms with Gasteiger partial charge in [-0.2, -0.15) is 15.0 Å². The average molecular weight is 265 g/mol. The van der Waals surface area contributed by atoms with Crippen molar-refractivity contribution in [3.05, 3.63) is 0 Å². The largest absolute Gasteiger partial charge is 0.467 e. The minimum Gasteiger partial charge on any atom is -0.467 e. The highest BCUT2D eigenvalue weighted by Gasteiger charge is 2.31. The topological polar surface area (TPSA) is 72.0 Å². The van der Waals surface area contributed by atoms with Crippen molar-refractivity contribution in [1.29, 1.82) is 0 Å². The lowest BCUT2D eigenvalue weighted by Gasteiger charge is -2.18. The van der Waals surface area contributed by atoms with E-state index in [0.29, 0.717) is 29.4 Å². The normalized spacial score (nSPS) is 21.2. The number of hydrogen-bond donors (Lipinski definition) is 2. The number of hydrogen-bond acceptors (Lipinski definition) is 6. The molecule has 6 heteroatoms. The van der Waals surface area contributed by atoms with Gasteiger partial charge in [-0.05, 0) is 31.6 Å². The van der Waals surface area contributed by atoms with Crippen molar-refractivity contribution in [2.45, 2.75) is 46.1 Å². The van der Waals surface area contributed by atoms with Crippen LogP contribution in [0.5, 0.6) is 6.01 Å². The quantitative estimate of drug-likeness (QED) is 0.851. The van der Waals surface area contributed by atoms with Crippen molar-refractivity contribution in [2.75, 3.05) is 24.3 Å². The summed E-state index contributed by atoms with van der Waals surface area (Å²) in [5.74, 6) is 1.14. The van der Waals surface area contributed by atoms with Crippen LogP contribution in [0.2, 0.25) is 0 Å². The Kier molecular flexibility index (Phi) is 4.07. The predicted molar refractivity (Wildman–Crippen MR) is 75.6 cm³/mol. The summed E-state index contributed by atoms with van der Waals surface area (Å²) in [4.78, 5) is 12.8. The van der Waals surface area contributed by atoms with Gasteiger partial charge in [-0.15, -0.1) is 0 Å². The number of nitrogens with one attached hydrogen (secondary N) is 2. The van der Waals surface area contributed by atoms with Crippen LogP contribution in [0.25, 0.3) is 0 Å². The van der Waals surface area contributed by atoms with Crippen LogP contribution in [0, 0.1) is 5.41 Å². The van der Waals surface area contributed by atoms with Gasteiger partial charge in [0, 0.05) is 12.6 Å². The van der Waals surface area contributed by atoms with Crippen LogP contribution in [-0.4, -0.2) is 34.6 Å². The zero-order valence-corrected chi connectivity index (χ0v) is 12.2. The first-order valence-corrected chi connectivity index (χ1v) is 6.83. The Morgan fingerprint density at radius 1 is 1.26 bits per heavy atom. The molecule has 1 atom stereocenters. The summed E-state index contributed by atoms with van der Waals surface area (Å²) in [6, 6.07) is 0.766. The van der Waals surface area contributed by atoms with Crippen LogP contribution in [0.3, 0.4) is 0 Å². The van der Waals surface area contributed by atoms with E-state index in [9.17, 15) is 0 Å². The molecule has 2 rings (SSSR count). The van der Waals surface area contributed by atoms with Crippen molar-refractivity contribution in [3.8, 4) is 6.01 Å². The van der Waals surface area contributed by atoms with Gasteiger partial charge in [0.2, 0.25) is 11.9 Å². The Morgan fingerprint density at radius 2 is 2.00 bits per heavy atom. The van der Waals surface area contributed by atoms with E-state index in [-0.39, 0.29) is 0 Å². The van der Waals surface area contributed by atoms with E-state index in [1.165, 1.54) is 6.42 Å². The maximum atomic E-state index is 5.11. The molecule has 0 amide bonds. The Hall–Kier alpha value is -1.59. The zero-order valence-electron chi connectivity index (χ0n) is 12.2. The standard InChI is InChI=1S/C13H23N5O/c1-5-14-10-16-11(18-12(17-10)19-4)15-9-6-7-13(2,3)8-9/h9H,5-8H2,1-4H3,(H2,14,15,16,17,18). The maximum Gasteiger partial charge on any atom is 0.322 e. The third kappa shape index (κ3) is 3.68. The molecule has 1 aromatic rings. The first-order valence-electron chi connectivity index (χ1n) is 6.83. The zero-order chi connectivity index (χ0) is 13.9.